The number of carboxylic acids is 2. The summed E-state index contributed by atoms with van der Waals surface area (Å²) in [6, 6.07) is 2.36. The minimum atomic E-state index is -1.36. The van der Waals surface area contributed by atoms with E-state index in [9.17, 15) is 18.8 Å². The van der Waals surface area contributed by atoms with Crippen molar-refractivity contribution in [3.05, 3.63) is 39.9 Å². The molecule has 1 saturated carbocycles. The molecule has 7 nitrogen and oxygen atoms in total. The van der Waals surface area contributed by atoms with E-state index in [0.717, 1.165) is 18.9 Å². The second-order valence-electron chi connectivity index (χ2n) is 5.41. The van der Waals surface area contributed by atoms with Crippen molar-refractivity contribution >= 4 is 28.5 Å². The molecular weight excluding hydrogens is 307 g/mol. The van der Waals surface area contributed by atoms with E-state index in [1.165, 1.54) is 12.3 Å². The second kappa shape index (κ2) is 5.38. The van der Waals surface area contributed by atoms with E-state index >= 15 is 0 Å². The lowest BCUT2D eigenvalue weighted by atomic mass is 10.1. The molecule has 8 heteroatoms. The molecule has 1 aromatic heterocycles. The van der Waals surface area contributed by atoms with Crippen LogP contribution in [0.25, 0.3) is 10.9 Å². The molecule has 1 aliphatic carbocycles. The van der Waals surface area contributed by atoms with Gasteiger partial charge in [-0.05, 0) is 25.0 Å². The van der Waals surface area contributed by atoms with Gasteiger partial charge in [-0.1, -0.05) is 0 Å². The fourth-order valence-corrected chi connectivity index (χ4v) is 2.48. The van der Waals surface area contributed by atoms with Gasteiger partial charge in [-0.2, -0.15) is 0 Å². The monoisotopic (exact) mass is 320 g/mol. The van der Waals surface area contributed by atoms with Crippen LogP contribution in [0.3, 0.4) is 0 Å². The predicted octanol–water partition coefficient (Wildman–Crippen LogP) is 1.67. The minimum absolute atomic E-state index is 0.0322. The maximum absolute atomic E-state index is 14.1. The zero-order valence-electron chi connectivity index (χ0n) is 11.9. The largest absolute Gasteiger partial charge is 0.480 e. The summed E-state index contributed by atoms with van der Waals surface area (Å²) in [5.41, 5.74) is -0.823. The number of anilines is 1. The first-order valence-corrected chi connectivity index (χ1v) is 6.96. The first-order valence-electron chi connectivity index (χ1n) is 6.96. The Bertz CT molecular complexity index is 886. The molecule has 0 radical (unpaired) electrons. The van der Waals surface area contributed by atoms with Gasteiger partial charge >= 0.3 is 11.9 Å². The molecule has 23 heavy (non-hydrogen) atoms. The van der Waals surface area contributed by atoms with Gasteiger partial charge in [-0.3, -0.25) is 9.59 Å². The van der Waals surface area contributed by atoms with Gasteiger partial charge in [0.25, 0.3) is 0 Å². The number of carbonyl (C=O) groups is 2. The molecule has 0 bridgehead atoms. The highest BCUT2D eigenvalue weighted by Crippen LogP contribution is 2.37. The number of halogens is 1. The summed E-state index contributed by atoms with van der Waals surface area (Å²) < 4.78 is 15.7. The standard InChI is InChI=1S/C15H13FN2O5/c16-10-3-8-12(4-11(10)17-5-13(19)20)18(7-1-2-7)6-9(14(8)21)15(22)23/h3-4,6-7,17H,1-2,5H2,(H,19,20)(H,22,23). The molecule has 0 saturated heterocycles. The predicted molar refractivity (Wildman–Crippen MR) is 79.5 cm³/mol. The van der Waals surface area contributed by atoms with Crippen LogP contribution in [0.15, 0.2) is 23.1 Å². The lowest BCUT2D eigenvalue weighted by molar-refractivity contribution is -0.134. The van der Waals surface area contributed by atoms with Crippen LogP contribution >= 0.6 is 0 Å². The van der Waals surface area contributed by atoms with Crippen molar-refractivity contribution in [2.75, 3.05) is 11.9 Å². The molecule has 1 aromatic carbocycles. The SMILES string of the molecule is O=C(O)CNc1cc2c(cc1F)c(=O)c(C(=O)O)cn2C1CC1. The van der Waals surface area contributed by atoms with E-state index in [2.05, 4.69) is 5.32 Å². The number of nitrogens with zero attached hydrogens (tertiary/aromatic N) is 1. The van der Waals surface area contributed by atoms with Crippen LogP contribution in [-0.2, 0) is 4.79 Å². The summed E-state index contributed by atoms with van der Waals surface area (Å²) in [6.07, 6.45) is 2.95. The normalized spacial score (nSPS) is 14.0. The van der Waals surface area contributed by atoms with Crippen LogP contribution in [0, 0.1) is 5.82 Å². The first kappa shape index (κ1) is 15.0. The van der Waals surface area contributed by atoms with Gasteiger partial charge in [0, 0.05) is 17.6 Å². The molecule has 0 amide bonds. The number of benzene rings is 1. The topological polar surface area (TPSA) is 109 Å². The van der Waals surface area contributed by atoms with Crippen LogP contribution in [0.4, 0.5) is 10.1 Å². The Morgan fingerprint density at radius 3 is 2.57 bits per heavy atom. The van der Waals surface area contributed by atoms with E-state index in [4.69, 9.17) is 10.2 Å². The number of aromatic nitrogens is 1. The van der Waals surface area contributed by atoms with Crippen molar-refractivity contribution in [3.63, 3.8) is 0 Å². The third kappa shape index (κ3) is 2.75. The molecule has 120 valence electrons. The fraction of sp³-hybridized carbons (Fsp3) is 0.267. The van der Waals surface area contributed by atoms with Gasteiger partial charge in [0.2, 0.25) is 5.43 Å². The van der Waals surface area contributed by atoms with Crippen molar-refractivity contribution in [1.29, 1.82) is 0 Å². The highest BCUT2D eigenvalue weighted by molar-refractivity contribution is 5.93. The third-order valence-corrected chi connectivity index (χ3v) is 3.72. The number of pyridine rings is 1. The maximum Gasteiger partial charge on any atom is 0.341 e. The van der Waals surface area contributed by atoms with Gasteiger partial charge in [0.05, 0.1) is 11.2 Å². The molecule has 2 aromatic rings. The number of fused-ring (bicyclic) bond motifs is 1. The third-order valence-electron chi connectivity index (χ3n) is 3.72. The summed E-state index contributed by atoms with van der Waals surface area (Å²) in [7, 11) is 0. The average Bonchev–Trinajstić information content (AvgIpc) is 3.30. The summed E-state index contributed by atoms with van der Waals surface area (Å²) in [6.45, 7) is -0.469. The molecule has 0 spiro atoms. The molecule has 3 N–H and O–H groups in total. The van der Waals surface area contributed by atoms with E-state index in [1.807, 2.05) is 0 Å². The lowest BCUT2D eigenvalue weighted by Crippen LogP contribution is -2.19. The molecule has 3 rings (SSSR count). The Morgan fingerprint density at radius 2 is 2.00 bits per heavy atom. The summed E-state index contributed by atoms with van der Waals surface area (Å²) >= 11 is 0. The van der Waals surface area contributed by atoms with E-state index in [0.29, 0.717) is 5.52 Å². The number of nitrogens with one attached hydrogen (secondary N) is 1. The number of hydrogen-bond donors (Lipinski definition) is 3. The van der Waals surface area contributed by atoms with Crippen molar-refractivity contribution in [3.8, 4) is 0 Å². The Labute approximate surface area is 129 Å². The summed E-state index contributed by atoms with van der Waals surface area (Å²) in [5.74, 6) is -3.31. The van der Waals surface area contributed by atoms with E-state index < -0.39 is 35.3 Å². The number of hydrogen-bond acceptors (Lipinski definition) is 4. The molecule has 1 heterocycles. The van der Waals surface area contributed by atoms with Crippen molar-refractivity contribution in [2.45, 2.75) is 18.9 Å². The van der Waals surface area contributed by atoms with Crippen LogP contribution in [0.5, 0.6) is 0 Å². The Balaban J connectivity index is 2.23. The average molecular weight is 320 g/mol. The number of rotatable bonds is 5. The van der Waals surface area contributed by atoms with Crippen molar-refractivity contribution in [2.24, 2.45) is 0 Å². The fourth-order valence-electron chi connectivity index (χ4n) is 2.48. The Morgan fingerprint density at radius 1 is 1.30 bits per heavy atom. The number of aromatic carboxylic acids is 1. The molecular formula is C15H13FN2O5. The quantitative estimate of drug-likeness (QED) is 0.773. The Kier molecular flexibility index (Phi) is 3.51. The summed E-state index contributed by atoms with van der Waals surface area (Å²) in [4.78, 5) is 34.0. The zero-order chi connectivity index (χ0) is 16.7. The molecule has 1 fully saturated rings. The van der Waals surface area contributed by atoms with Crippen LogP contribution in [-0.4, -0.2) is 33.3 Å². The Hall–Kier alpha value is -2.90. The molecule has 0 unspecified atom stereocenters. The van der Waals surface area contributed by atoms with Crippen molar-refractivity contribution in [1.82, 2.24) is 4.57 Å². The molecule has 0 aliphatic heterocycles. The first-order chi connectivity index (χ1) is 10.9. The lowest BCUT2D eigenvalue weighted by Gasteiger charge is -2.14. The minimum Gasteiger partial charge on any atom is -0.480 e. The van der Waals surface area contributed by atoms with Crippen LogP contribution in [0.2, 0.25) is 0 Å². The van der Waals surface area contributed by atoms with Crippen LogP contribution in [0.1, 0.15) is 29.2 Å². The van der Waals surface area contributed by atoms with E-state index in [-0.39, 0.29) is 17.1 Å². The van der Waals surface area contributed by atoms with Gasteiger partial charge in [0.15, 0.2) is 0 Å². The number of aliphatic carboxylic acids is 1. The maximum atomic E-state index is 14.1. The smallest absolute Gasteiger partial charge is 0.341 e. The zero-order valence-corrected chi connectivity index (χ0v) is 11.9. The van der Waals surface area contributed by atoms with Crippen molar-refractivity contribution < 1.29 is 24.2 Å². The van der Waals surface area contributed by atoms with Gasteiger partial charge in [0.1, 0.15) is 17.9 Å². The highest BCUT2D eigenvalue weighted by atomic mass is 19.1. The highest BCUT2D eigenvalue weighted by Gasteiger charge is 2.27. The molecule has 1 aliphatic rings. The van der Waals surface area contributed by atoms with Gasteiger partial charge < -0.3 is 20.1 Å². The van der Waals surface area contributed by atoms with Crippen LogP contribution < -0.4 is 10.7 Å². The second-order valence-corrected chi connectivity index (χ2v) is 5.41. The number of carboxylic acid groups (broad SMARTS) is 2. The van der Waals surface area contributed by atoms with Gasteiger partial charge in [-0.25, -0.2) is 9.18 Å². The summed E-state index contributed by atoms with van der Waals surface area (Å²) in [5, 5.41) is 20.2. The van der Waals surface area contributed by atoms with E-state index in [1.54, 1.807) is 4.57 Å². The molecule has 0 atom stereocenters. The van der Waals surface area contributed by atoms with Gasteiger partial charge in [-0.15, -0.1) is 0 Å².